The topological polar surface area (TPSA) is 37.8 Å². The molecule has 1 aromatic rings. The zero-order valence-corrected chi connectivity index (χ0v) is 10.00. The molecular weight excluding hydrogens is 218 g/mol. The van der Waals surface area contributed by atoms with Crippen molar-refractivity contribution >= 4 is 28.1 Å². The number of alkyl halides is 1. The van der Waals surface area contributed by atoms with Gasteiger partial charge in [-0.2, -0.15) is 0 Å². The first-order valence-corrected chi connectivity index (χ1v) is 6.28. The molecule has 0 unspecified atom stereocenters. The number of aryl methyl sites for hydroxylation is 1. The smallest absolute Gasteiger partial charge is 0.205 e. The van der Waals surface area contributed by atoms with Crippen molar-refractivity contribution < 1.29 is 0 Å². The maximum absolute atomic E-state index is 5.58. The average Bonchev–Trinajstić information content (AvgIpc) is 2.58. The Morgan fingerprint density at radius 3 is 2.64 bits per heavy atom. The van der Waals surface area contributed by atoms with Gasteiger partial charge in [0.25, 0.3) is 0 Å². The van der Waals surface area contributed by atoms with Gasteiger partial charge in [0.05, 0.1) is 0 Å². The van der Waals surface area contributed by atoms with Crippen LogP contribution in [-0.2, 0) is 0 Å². The SMILES string of the molecule is Cc1nnc(NCCCCCCCl)s1. The number of unbranched alkanes of at least 4 members (excludes halogenated alkanes) is 3. The summed E-state index contributed by atoms with van der Waals surface area (Å²) in [6, 6.07) is 0. The Bertz CT molecular complexity index is 252. The highest BCUT2D eigenvalue weighted by Crippen LogP contribution is 2.13. The lowest BCUT2D eigenvalue weighted by atomic mass is 10.2. The molecule has 0 radical (unpaired) electrons. The van der Waals surface area contributed by atoms with Crippen molar-refractivity contribution in [3.8, 4) is 0 Å². The minimum absolute atomic E-state index is 0.781. The van der Waals surface area contributed by atoms with Crippen molar-refractivity contribution in [1.29, 1.82) is 0 Å². The summed E-state index contributed by atoms with van der Waals surface area (Å²) in [4.78, 5) is 0. The van der Waals surface area contributed by atoms with Crippen molar-refractivity contribution in [3.63, 3.8) is 0 Å². The van der Waals surface area contributed by atoms with Crippen LogP contribution in [0.3, 0.4) is 0 Å². The van der Waals surface area contributed by atoms with Gasteiger partial charge < -0.3 is 5.32 Å². The van der Waals surface area contributed by atoms with Crippen LogP contribution in [0.15, 0.2) is 0 Å². The Labute approximate surface area is 93.9 Å². The molecule has 80 valence electrons. The van der Waals surface area contributed by atoms with Crippen molar-refractivity contribution in [2.24, 2.45) is 0 Å². The van der Waals surface area contributed by atoms with E-state index in [0.29, 0.717) is 0 Å². The highest BCUT2D eigenvalue weighted by Gasteiger charge is 1.97. The van der Waals surface area contributed by atoms with E-state index in [1.54, 1.807) is 11.3 Å². The minimum Gasteiger partial charge on any atom is -0.360 e. The normalized spacial score (nSPS) is 10.4. The fourth-order valence-corrected chi connectivity index (χ4v) is 1.94. The first-order valence-electron chi connectivity index (χ1n) is 4.93. The molecule has 0 amide bonds. The predicted molar refractivity (Wildman–Crippen MR) is 62.3 cm³/mol. The Morgan fingerprint density at radius 1 is 1.21 bits per heavy atom. The summed E-state index contributed by atoms with van der Waals surface area (Å²) in [5.41, 5.74) is 0. The number of rotatable bonds is 7. The molecule has 0 atom stereocenters. The first kappa shape index (κ1) is 11.7. The molecule has 1 heterocycles. The van der Waals surface area contributed by atoms with Gasteiger partial charge in [0, 0.05) is 12.4 Å². The molecule has 0 bridgehead atoms. The van der Waals surface area contributed by atoms with Crippen LogP contribution in [0.2, 0.25) is 0 Å². The van der Waals surface area contributed by atoms with E-state index >= 15 is 0 Å². The zero-order valence-electron chi connectivity index (χ0n) is 8.42. The molecule has 14 heavy (non-hydrogen) atoms. The quantitative estimate of drug-likeness (QED) is 0.581. The Morgan fingerprint density at radius 2 is 2.00 bits per heavy atom. The molecule has 0 saturated heterocycles. The third kappa shape index (κ3) is 4.77. The van der Waals surface area contributed by atoms with E-state index in [1.807, 2.05) is 6.92 Å². The summed E-state index contributed by atoms with van der Waals surface area (Å²) < 4.78 is 0. The predicted octanol–water partition coefficient (Wildman–Crippen LogP) is 3.06. The molecule has 0 spiro atoms. The lowest BCUT2D eigenvalue weighted by molar-refractivity contribution is 0.687. The molecule has 1 N–H and O–H groups in total. The van der Waals surface area contributed by atoms with Crippen molar-refractivity contribution in [1.82, 2.24) is 10.2 Å². The number of nitrogens with one attached hydrogen (secondary N) is 1. The second-order valence-corrected chi connectivity index (χ2v) is 4.72. The number of halogens is 1. The van der Waals surface area contributed by atoms with Crippen LogP contribution in [0, 0.1) is 6.92 Å². The van der Waals surface area contributed by atoms with Crippen molar-refractivity contribution in [2.45, 2.75) is 32.6 Å². The van der Waals surface area contributed by atoms with Crippen molar-refractivity contribution in [2.75, 3.05) is 17.7 Å². The lowest BCUT2D eigenvalue weighted by Crippen LogP contribution is -2.00. The molecule has 0 aliphatic carbocycles. The Hall–Kier alpha value is -0.350. The zero-order chi connectivity index (χ0) is 10.2. The van der Waals surface area contributed by atoms with Crippen LogP contribution in [0.1, 0.15) is 30.7 Å². The van der Waals surface area contributed by atoms with Crippen LogP contribution in [0.5, 0.6) is 0 Å². The molecule has 1 rings (SSSR count). The molecule has 0 fully saturated rings. The van der Waals surface area contributed by atoms with Gasteiger partial charge in [0.2, 0.25) is 5.13 Å². The van der Waals surface area contributed by atoms with E-state index in [1.165, 1.54) is 19.3 Å². The number of hydrogen-bond acceptors (Lipinski definition) is 4. The van der Waals surface area contributed by atoms with Crippen LogP contribution in [0.4, 0.5) is 5.13 Å². The van der Waals surface area contributed by atoms with Crippen LogP contribution >= 0.6 is 22.9 Å². The highest BCUT2D eigenvalue weighted by molar-refractivity contribution is 7.15. The molecule has 3 nitrogen and oxygen atoms in total. The molecule has 0 aromatic carbocycles. The van der Waals surface area contributed by atoms with E-state index in [9.17, 15) is 0 Å². The van der Waals surface area contributed by atoms with E-state index in [0.717, 1.165) is 29.0 Å². The molecule has 0 saturated carbocycles. The van der Waals surface area contributed by atoms with E-state index in [4.69, 9.17) is 11.6 Å². The van der Waals surface area contributed by atoms with Gasteiger partial charge in [-0.05, 0) is 19.8 Å². The number of nitrogens with zero attached hydrogens (tertiary/aromatic N) is 2. The third-order valence-electron chi connectivity index (χ3n) is 1.86. The summed E-state index contributed by atoms with van der Waals surface area (Å²) in [6.07, 6.45) is 4.76. The van der Waals surface area contributed by atoms with Gasteiger partial charge >= 0.3 is 0 Å². The monoisotopic (exact) mass is 233 g/mol. The van der Waals surface area contributed by atoms with Gasteiger partial charge in [-0.3, -0.25) is 0 Å². The standard InChI is InChI=1S/C9H16ClN3S/c1-8-12-13-9(14-8)11-7-5-3-2-4-6-10/h2-7H2,1H3,(H,11,13). The van der Waals surface area contributed by atoms with Crippen LogP contribution < -0.4 is 5.32 Å². The maximum Gasteiger partial charge on any atom is 0.205 e. The molecule has 0 aliphatic heterocycles. The maximum atomic E-state index is 5.58. The summed E-state index contributed by atoms with van der Waals surface area (Å²) in [5, 5.41) is 13.1. The lowest BCUT2D eigenvalue weighted by Gasteiger charge is -2.00. The first-order chi connectivity index (χ1) is 6.83. The van der Waals surface area contributed by atoms with Gasteiger partial charge in [-0.25, -0.2) is 0 Å². The number of anilines is 1. The van der Waals surface area contributed by atoms with Gasteiger partial charge in [0.1, 0.15) is 5.01 Å². The molecule has 1 aromatic heterocycles. The second-order valence-electron chi connectivity index (χ2n) is 3.16. The number of aromatic nitrogens is 2. The summed E-state index contributed by atoms with van der Waals surface area (Å²) in [6.45, 7) is 2.94. The van der Waals surface area contributed by atoms with Crippen molar-refractivity contribution in [3.05, 3.63) is 5.01 Å². The summed E-state index contributed by atoms with van der Waals surface area (Å²) in [7, 11) is 0. The third-order valence-corrected chi connectivity index (χ3v) is 2.93. The summed E-state index contributed by atoms with van der Waals surface area (Å²) in [5.74, 6) is 0.781. The fourth-order valence-electron chi connectivity index (χ4n) is 1.14. The van der Waals surface area contributed by atoms with Gasteiger partial charge in [-0.15, -0.1) is 21.8 Å². The van der Waals surface area contributed by atoms with Gasteiger partial charge in [0.15, 0.2) is 0 Å². The van der Waals surface area contributed by atoms with E-state index in [-0.39, 0.29) is 0 Å². The summed E-state index contributed by atoms with van der Waals surface area (Å²) >= 11 is 7.18. The largest absolute Gasteiger partial charge is 0.360 e. The van der Waals surface area contributed by atoms with Gasteiger partial charge in [-0.1, -0.05) is 24.2 Å². The average molecular weight is 234 g/mol. The minimum atomic E-state index is 0.781. The molecule has 0 aliphatic rings. The Balaban J connectivity index is 1.99. The molecule has 5 heteroatoms. The molecular formula is C9H16ClN3S. The fraction of sp³-hybridized carbons (Fsp3) is 0.778. The Kier molecular flexibility index (Phi) is 5.87. The number of hydrogen-bond donors (Lipinski definition) is 1. The van der Waals surface area contributed by atoms with E-state index in [2.05, 4.69) is 15.5 Å². The highest BCUT2D eigenvalue weighted by atomic mass is 35.5. The van der Waals surface area contributed by atoms with Crippen LogP contribution in [0.25, 0.3) is 0 Å². The van der Waals surface area contributed by atoms with Crippen LogP contribution in [-0.4, -0.2) is 22.6 Å². The van der Waals surface area contributed by atoms with E-state index < -0.39 is 0 Å². The second kappa shape index (κ2) is 7.01.